The summed E-state index contributed by atoms with van der Waals surface area (Å²) in [7, 11) is 8.64. The molecule has 0 radical (unpaired) electrons. The van der Waals surface area contributed by atoms with Crippen LogP contribution in [-0.4, -0.2) is 62.4 Å². The minimum Gasteiger partial charge on any atom is -0.496 e. The van der Waals surface area contributed by atoms with E-state index < -0.39 is 0 Å². The van der Waals surface area contributed by atoms with Crippen LogP contribution in [0.15, 0.2) is 60.3 Å². The maximum atomic E-state index is 11.8. The molecule has 0 N–H and O–H groups in total. The van der Waals surface area contributed by atoms with Crippen molar-refractivity contribution >= 4 is 29.1 Å². The molecule has 226 valence electrons. The number of benzene rings is 2. The third kappa shape index (κ3) is 7.54. The van der Waals surface area contributed by atoms with E-state index in [1.165, 1.54) is 33.4 Å². The lowest BCUT2D eigenvalue weighted by molar-refractivity contribution is -0.124. The number of hydrogen-bond donors (Lipinski definition) is 0. The van der Waals surface area contributed by atoms with Crippen LogP contribution in [0.5, 0.6) is 11.6 Å². The Kier molecular flexibility index (Phi) is 10.4. The summed E-state index contributed by atoms with van der Waals surface area (Å²) in [5.41, 5.74) is 10.5. The third-order valence-corrected chi connectivity index (χ3v) is 7.60. The van der Waals surface area contributed by atoms with Crippen LogP contribution in [0.3, 0.4) is 0 Å². The number of methoxy groups -OCH3 is 3. The van der Waals surface area contributed by atoms with Crippen LogP contribution in [0.1, 0.15) is 38.9 Å². The molecule has 7 nitrogen and oxygen atoms in total. The van der Waals surface area contributed by atoms with E-state index in [2.05, 4.69) is 78.0 Å². The highest BCUT2D eigenvalue weighted by Crippen LogP contribution is 2.28. The van der Waals surface area contributed by atoms with Crippen molar-refractivity contribution in [3.05, 3.63) is 99.3 Å². The summed E-state index contributed by atoms with van der Waals surface area (Å²) in [5.74, 6) is 1.80. The number of fused-ring (bicyclic) bond motifs is 3. The Morgan fingerprint density at radius 2 is 1.72 bits per heavy atom. The molecule has 0 saturated carbocycles. The van der Waals surface area contributed by atoms with E-state index in [9.17, 15) is 4.79 Å². The first-order chi connectivity index (χ1) is 20.6. The molecule has 0 bridgehead atoms. The molecule has 43 heavy (non-hydrogen) atoms. The molecule has 0 saturated heterocycles. The zero-order valence-corrected chi connectivity index (χ0v) is 26.7. The number of carbonyl (C=O) groups excluding carboxylic acids is 1. The van der Waals surface area contributed by atoms with Gasteiger partial charge in [0, 0.05) is 56.9 Å². The molecule has 2 aliphatic carbocycles. The average Bonchev–Trinajstić information content (AvgIpc) is 3.73. The first-order valence-corrected chi connectivity index (χ1v) is 14.5. The summed E-state index contributed by atoms with van der Waals surface area (Å²) < 4.78 is 17.6. The summed E-state index contributed by atoms with van der Waals surface area (Å²) in [6.45, 7) is 7.63. The van der Waals surface area contributed by atoms with E-state index in [0.29, 0.717) is 12.5 Å². The van der Waals surface area contributed by atoms with E-state index >= 15 is 0 Å². The zero-order valence-electron chi connectivity index (χ0n) is 26.7. The standard InChI is InChI=1S/C13H15NO.C12H16N2O2.C11H12O/c1-9-4-5-10-7-12(8-11(10)6-9)13(15)14(2)3;1-9-8-10-4-5-14(6-7-15-2)11(10)13-12(9)16-3;1-8-6-9-4-3-5-10(9)7-11(8)12-2/h4-6,8H,7H2,1-3H3;4-5,8H,6-7H2,1-3H3;3-4,6-7H,5H2,1-2H3. The molecule has 2 heterocycles. The van der Waals surface area contributed by atoms with Gasteiger partial charge in [-0.05, 0) is 85.4 Å². The van der Waals surface area contributed by atoms with Crippen LogP contribution in [-0.2, 0) is 28.9 Å². The summed E-state index contributed by atoms with van der Waals surface area (Å²) in [5, 5.41) is 1.13. The van der Waals surface area contributed by atoms with E-state index in [-0.39, 0.29) is 5.91 Å². The fourth-order valence-electron chi connectivity index (χ4n) is 5.27. The highest BCUT2D eigenvalue weighted by Gasteiger charge is 2.19. The molecular formula is C36H43N3O4. The molecule has 6 rings (SSSR count). The Balaban J connectivity index is 0.000000149. The van der Waals surface area contributed by atoms with Gasteiger partial charge in [-0.15, -0.1) is 0 Å². The van der Waals surface area contributed by atoms with Crippen LogP contribution in [0, 0.1) is 20.8 Å². The number of ether oxygens (including phenoxy) is 3. The van der Waals surface area contributed by atoms with E-state index in [1.54, 1.807) is 40.3 Å². The maximum absolute atomic E-state index is 11.8. The third-order valence-electron chi connectivity index (χ3n) is 7.60. The minimum atomic E-state index is 0.115. The van der Waals surface area contributed by atoms with Gasteiger partial charge in [-0.3, -0.25) is 4.79 Å². The number of likely N-dealkylation sites (N-methyl/N-ethyl adjacent to an activating group) is 1. The molecule has 2 aliphatic rings. The van der Waals surface area contributed by atoms with Crippen molar-refractivity contribution in [3.8, 4) is 11.6 Å². The van der Waals surface area contributed by atoms with Crippen molar-refractivity contribution in [2.45, 2.75) is 40.2 Å². The van der Waals surface area contributed by atoms with Gasteiger partial charge in [-0.1, -0.05) is 35.9 Å². The Labute approximate surface area is 255 Å². The lowest BCUT2D eigenvalue weighted by Gasteiger charge is -2.10. The van der Waals surface area contributed by atoms with Gasteiger partial charge in [0.25, 0.3) is 0 Å². The molecule has 0 fully saturated rings. The van der Waals surface area contributed by atoms with Crippen LogP contribution >= 0.6 is 0 Å². The lowest BCUT2D eigenvalue weighted by Crippen LogP contribution is -2.23. The Hall–Kier alpha value is -4.36. The number of pyridine rings is 1. The number of nitrogens with zero attached hydrogens (tertiary/aromatic N) is 3. The SMILES string of the molecule is COCCn1ccc2cc(C)c(OC)nc21.COc1cc2c(cc1C)C=CC2.Cc1ccc2c(c1)C=C(C(=O)N(C)C)C2. The number of hydrogen-bond acceptors (Lipinski definition) is 5. The van der Waals surface area contributed by atoms with Crippen LogP contribution in [0.25, 0.3) is 23.2 Å². The Morgan fingerprint density at radius 1 is 0.930 bits per heavy atom. The van der Waals surface area contributed by atoms with Gasteiger partial charge in [0.15, 0.2) is 0 Å². The second kappa shape index (κ2) is 14.2. The molecule has 2 aromatic carbocycles. The van der Waals surface area contributed by atoms with Gasteiger partial charge in [0.05, 0.1) is 20.8 Å². The molecule has 2 aromatic heterocycles. The van der Waals surface area contributed by atoms with Crippen LogP contribution in [0.2, 0.25) is 0 Å². The van der Waals surface area contributed by atoms with Gasteiger partial charge in [0.1, 0.15) is 11.4 Å². The Bertz CT molecular complexity index is 1660. The normalized spacial score (nSPS) is 12.4. The zero-order chi connectivity index (χ0) is 31.1. The topological polar surface area (TPSA) is 65.8 Å². The summed E-state index contributed by atoms with van der Waals surface area (Å²) in [4.78, 5) is 17.9. The van der Waals surface area contributed by atoms with Gasteiger partial charge in [-0.25, -0.2) is 0 Å². The number of rotatable bonds is 6. The fourth-order valence-corrected chi connectivity index (χ4v) is 5.27. The highest BCUT2D eigenvalue weighted by molar-refractivity contribution is 6.00. The first kappa shape index (κ1) is 31.6. The second-order valence-electron chi connectivity index (χ2n) is 11.1. The first-order valence-electron chi connectivity index (χ1n) is 14.5. The molecule has 0 spiro atoms. The molecule has 0 aliphatic heterocycles. The molecular weight excluding hydrogens is 538 g/mol. The van der Waals surface area contributed by atoms with Crippen LogP contribution in [0.4, 0.5) is 0 Å². The number of allylic oxidation sites excluding steroid dienone is 1. The highest BCUT2D eigenvalue weighted by atomic mass is 16.5. The number of amides is 1. The van der Waals surface area contributed by atoms with Gasteiger partial charge < -0.3 is 23.7 Å². The predicted octanol–water partition coefficient (Wildman–Crippen LogP) is 6.60. The number of aromatic nitrogens is 2. The van der Waals surface area contributed by atoms with Crippen molar-refractivity contribution in [1.29, 1.82) is 0 Å². The van der Waals surface area contributed by atoms with Crippen molar-refractivity contribution in [1.82, 2.24) is 14.5 Å². The van der Waals surface area contributed by atoms with Gasteiger partial charge >= 0.3 is 0 Å². The van der Waals surface area contributed by atoms with E-state index in [1.807, 2.05) is 19.2 Å². The predicted molar refractivity (Wildman–Crippen MR) is 175 cm³/mol. The van der Waals surface area contributed by atoms with Crippen molar-refractivity contribution in [2.75, 3.05) is 42.0 Å². The molecule has 7 heteroatoms. The number of carbonyl (C=O) groups is 1. The Morgan fingerprint density at radius 3 is 2.42 bits per heavy atom. The van der Waals surface area contributed by atoms with E-state index in [0.717, 1.165) is 47.3 Å². The second-order valence-corrected chi connectivity index (χ2v) is 11.1. The number of aryl methyl sites for hydroxylation is 3. The van der Waals surface area contributed by atoms with Crippen molar-refractivity contribution < 1.29 is 19.0 Å². The van der Waals surface area contributed by atoms with Gasteiger partial charge in [-0.2, -0.15) is 4.98 Å². The quantitative estimate of drug-likeness (QED) is 0.257. The van der Waals surface area contributed by atoms with Crippen molar-refractivity contribution in [2.24, 2.45) is 0 Å². The van der Waals surface area contributed by atoms with E-state index in [4.69, 9.17) is 14.2 Å². The molecule has 1 amide bonds. The summed E-state index contributed by atoms with van der Waals surface area (Å²) >= 11 is 0. The summed E-state index contributed by atoms with van der Waals surface area (Å²) in [6, 6.07) is 14.8. The molecule has 0 atom stereocenters. The fraction of sp³-hybridized carbons (Fsp3) is 0.333. The summed E-state index contributed by atoms with van der Waals surface area (Å²) in [6.07, 6.45) is 10.2. The largest absolute Gasteiger partial charge is 0.496 e. The molecule has 4 aromatic rings. The van der Waals surface area contributed by atoms with Crippen LogP contribution < -0.4 is 9.47 Å². The minimum absolute atomic E-state index is 0.115. The smallest absolute Gasteiger partial charge is 0.249 e. The van der Waals surface area contributed by atoms with Crippen molar-refractivity contribution in [3.63, 3.8) is 0 Å². The maximum Gasteiger partial charge on any atom is 0.249 e. The molecule has 0 unspecified atom stereocenters. The monoisotopic (exact) mass is 581 g/mol. The average molecular weight is 582 g/mol. The van der Waals surface area contributed by atoms with Gasteiger partial charge in [0.2, 0.25) is 11.8 Å². The lowest BCUT2D eigenvalue weighted by atomic mass is 10.1.